The molecule has 0 nitrogen and oxygen atoms in total. The van der Waals surface area contributed by atoms with Gasteiger partial charge in [0.25, 0.3) is 0 Å². The van der Waals surface area contributed by atoms with Gasteiger partial charge in [0, 0.05) is 10.6 Å². The Morgan fingerprint density at radius 1 is 1.27 bits per heavy atom. The average molecular weight is 291 g/mol. The van der Waals surface area contributed by atoms with E-state index in [-0.39, 0.29) is 0 Å². The van der Waals surface area contributed by atoms with Crippen molar-refractivity contribution >= 4 is 27.7 Å². The maximum atomic E-state index is 3.71. The van der Waals surface area contributed by atoms with Crippen LogP contribution in [0, 0.1) is 11.3 Å². The molecule has 0 spiro atoms. The van der Waals surface area contributed by atoms with E-state index in [4.69, 9.17) is 0 Å². The lowest BCUT2D eigenvalue weighted by atomic mass is 9.72. The highest BCUT2D eigenvalue weighted by atomic mass is 79.9. The summed E-state index contributed by atoms with van der Waals surface area (Å²) in [5, 5.41) is 2.21. The molecule has 0 N–H and O–H groups in total. The van der Waals surface area contributed by atoms with Crippen LogP contribution in [0.4, 0.5) is 0 Å². The molecular formula is C13H23BrS. The third-order valence-electron chi connectivity index (χ3n) is 4.21. The van der Waals surface area contributed by atoms with Gasteiger partial charge >= 0.3 is 0 Å². The maximum absolute atomic E-state index is 3.71. The molecule has 2 unspecified atom stereocenters. The molecule has 0 amide bonds. The van der Waals surface area contributed by atoms with E-state index in [1.165, 1.54) is 56.0 Å². The molecule has 2 aliphatic rings. The number of thioether (sulfide) groups is 1. The van der Waals surface area contributed by atoms with Gasteiger partial charge in [-0.3, -0.25) is 0 Å². The summed E-state index contributed by atoms with van der Waals surface area (Å²) in [7, 11) is 0. The van der Waals surface area contributed by atoms with Crippen LogP contribution in [0.25, 0.3) is 0 Å². The molecule has 0 aromatic rings. The summed E-state index contributed by atoms with van der Waals surface area (Å²) in [5.41, 5.74) is 0.686. The predicted octanol–water partition coefficient (Wildman–Crippen LogP) is 4.86. The van der Waals surface area contributed by atoms with Gasteiger partial charge < -0.3 is 0 Å². The Hall–Kier alpha value is 0.830. The van der Waals surface area contributed by atoms with Crippen molar-refractivity contribution in [1.82, 2.24) is 0 Å². The largest absolute Gasteiger partial charge is 0.158 e. The Morgan fingerprint density at radius 2 is 2.07 bits per heavy atom. The number of halogens is 1. The maximum Gasteiger partial charge on any atom is 0.00958 e. The standard InChI is InChI=1S/C13H23BrS/c1-11-4-2-5-12(8-11)15-10-13(9-14)6-3-7-13/h11-12H,2-10H2,1H3. The predicted molar refractivity (Wildman–Crippen MR) is 74.0 cm³/mol. The second kappa shape index (κ2) is 5.44. The SMILES string of the molecule is CC1CCCC(SCC2(CBr)CCC2)C1. The second-order valence-electron chi connectivity index (χ2n) is 5.69. The fourth-order valence-electron chi connectivity index (χ4n) is 2.82. The number of rotatable bonds is 4. The minimum Gasteiger partial charge on any atom is -0.158 e. The van der Waals surface area contributed by atoms with Crippen LogP contribution in [-0.4, -0.2) is 16.3 Å². The van der Waals surface area contributed by atoms with Crippen molar-refractivity contribution in [1.29, 1.82) is 0 Å². The highest BCUT2D eigenvalue weighted by molar-refractivity contribution is 9.09. The zero-order chi connectivity index (χ0) is 10.7. The molecular weight excluding hydrogens is 268 g/mol. The van der Waals surface area contributed by atoms with Gasteiger partial charge in [-0.25, -0.2) is 0 Å². The van der Waals surface area contributed by atoms with E-state index < -0.39 is 0 Å². The first-order chi connectivity index (χ1) is 7.24. The fraction of sp³-hybridized carbons (Fsp3) is 1.00. The molecule has 2 atom stereocenters. The molecule has 2 rings (SSSR count). The molecule has 2 heteroatoms. The van der Waals surface area contributed by atoms with Gasteiger partial charge in [-0.2, -0.15) is 11.8 Å². The van der Waals surface area contributed by atoms with Crippen LogP contribution in [0.15, 0.2) is 0 Å². The first-order valence-corrected chi connectivity index (χ1v) is 8.59. The van der Waals surface area contributed by atoms with Crippen molar-refractivity contribution in [3.05, 3.63) is 0 Å². The Labute approximate surface area is 107 Å². The number of hydrogen-bond donors (Lipinski definition) is 0. The summed E-state index contributed by atoms with van der Waals surface area (Å²) < 4.78 is 0. The summed E-state index contributed by atoms with van der Waals surface area (Å²) in [6.07, 6.45) is 10.3. The Balaban J connectivity index is 1.72. The van der Waals surface area contributed by atoms with Crippen molar-refractivity contribution in [2.75, 3.05) is 11.1 Å². The van der Waals surface area contributed by atoms with Crippen LogP contribution in [0.5, 0.6) is 0 Å². The Kier molecular flexibility index (Phi) is 4.46. The van der Waals surface area contributed by atoms with Crippen LogP contribution in [-0.2, 0) is 0 Å². The first kappa shape index (κ1) is 12.3. The van der Waals surface area contributed by atoms with Crippen LogP contribution >= 0.6 is 27.7 Å². The monoisotopic (exact) mass is 290 g/mol. The summed E-state index contributed by atoms with van der Waals surface area (Å²) in [5.74, 6) is 2.40. The molecule has 15 heavy (non-hydrogen) atoms. The lowest BCUT2D eigenvalue weighted by molar-refractivity contribution is 0.206. The molecule has 0 radical (unpaired) electrons. The lowest BCUT2D eigenvalue weighted by Gasteiger charge is -2.41. The average Bonchev–Trinajstić information content (AvgIpc) is 2.17. The van der Waals surface area contributed by atoms with Gasteiger partial charge in [0.2, 0.25) is 0 Å². The van der Waals surface area contributed by atoms with E-state index in [0.29, 0.717) is 5.41 Å². The van der Waals surface area contributed by atoms with Crippen molar-refractivity contribution in [2.24, 2.45) is 11.3 Å². The normalized spacial score (nSPS) is 34.8. The fourth-order valence-corrected chi connectivity index (χ4v) is 5.62. The van der Waals surface area contributed by atoms with Crippen molar-refractivity contribution in [3.8, 4) is 0 Å². The van der Waals surface area contributed by atoms with Gasteiger partial charge in [-0.05, 0) is 42.8 Å². The smallest absolute Gasteiger partial charge is 0.00958 e. The van der Waals surface area contributed by atoms with E-state index >= 15 is 0 Å². The number of alkyl halides is 1. The third-order valence-corrected chi connectivity index (χ3v) is 7.08. The minimum absolute atomic E-state index is 0.686. The Bertz CT molecular complexity index is 195. The van der Waals surface area contributed by atoms with E-state index in [1.807, 2.05) is 0 Å². The zero-order valence-corrected chi connectivity index (χ0v) is 12.2. The molecule has 2 aliphatic carbocycles. The molecule has 0 aromatic heterocycles. The van der Waals surface area contributed by atoms with Gasteiger partial charge in [0.1, 0.15) is 0 Å². The molecule has 0 heterocycles. The molecule has 0 saturated heterocycles. The minimum atomic E-state index is 0.686. The lowest BCUT2D eigenvalue weighted by Crippen LogP contribution is -2.34. The van der Waals surface area contributed by atoms with Crippen molar-refractivity contribution < 1.29 is 0 Å². The third kappa shape index (κ3) is 3.15. The summed E-state index contributed by atoms with van der Waals surface area (Å²) in [6.45, 7) is 2.43. The second-order valence-corrected chi connectivity index (χ2v) is 7.54. The quantitative estimate of drug-likeness (QED) is 0.666. The van der Waals surface area contributed by atoms with E-state index in [1.54, 1.807) is 0 Å². The van der Waals surface area contributed by atoms with E-state index in [0.717, 1.165) is 11.2 Å². The van der Waals surface area contributed by atoms with E-state index in [9.17, 15) is 0 Å². The molecule has 0 aliphatic heterocycles. The highest BCUT2D eigenvalue weighted by Crippen LogP contribution is 2.46. The summed E-state index contributed by atoms with van der Waals surface area (Å²) in [4.78, 5) is 0. The topological polar surface area (TPSA) is 0 Å². The van der Waals surface area contributed by atoms with Crippen LogP contribution in [0.2, 0.25) is 0 Å². The van der Waals surface area contributed by atoms with E-state index in [2.05, 4.69) is 34.6 Å². The number of hydrogen-bond acceptors (Lipinski definition) is 1. The zero-order valence-electron chi connectivity index (χ0n) is 9.80. The van der Waals surface area contributed by atoms with Crippen LogP contribution < -0.4 is 0 Å². The van der Waals surface area contributed by atoms with Crippen molar-refractivity contribution in [2.45, 2.75) is 57.1 Å². The van der Waals surface area contributed by atoms with Gasteiger partial charge in [0.05, 0.1) is 0 Å². The van der Waals surface area contributed by atoms with Crippen LogP contribution in [0.1, 0.15) is 51.9 Å². The first-order valence-electron chi connectivity index (χ1n) is 6.42. The molecule has 0 aromatic carbocycles. The molecule has 88 valence electrons. The molecule has 0 bridgehead atoms. The van der Waals surface area contributed by atoms with Crippen LogP contribution in [0.3, 0.4) is 0 Å². The van der Waals surface area contributed by atoms with Gasteiger partial charge in [0.15, 0.2) is 0 Å². The van der Waals surface area contributed by atoms with Gasteiger partial charge in [-0.1, -0.05) is 42.1 Å². The molecule has 2 saturated carbocycles. The summed E-state index contributed by atoms with van der Waals surface area (Å²) >= 11 is 5.99. The highest BCUT2D eigenvalue weighted by Gasteiger charge is 2.36. The summed E-state index contributed by atoms with van der Waals surface area (Å²) in [6, 6.07) is 0. The van der Waals surface area contributed by atoms with Gasteiger partial charge in [-0.15, -0.1) is 0 Å². The molecule has 2 fully saturated rings. The van der Waals surface area contributed by atoms with Crippen molar-refractivity contribution in [3.63, 3.8) is 0 Å². The Morgan fingerprint density at radius 3 is 2.60 bits per heavy atom.